The van der Waals surface area contributed by atoms with Crippen molar-refractivity contribution < 1.29 is 23.7 Å². The molecule has 0 aliphatic carbocycles. The molecule has 0 spiro atoms. The maximum atomic E-state index is 13.5. The molecular weight excluding hydrogens is 408 g/mol. The second-order valence-corrected chi connectivity index (χ2v) is 7.96. The predicted molar refractivity (Wildman–Crippen MR) is 119 cm³/mol. The predicted octanol–water partition coefficient (Wildman–Crippen LogP) is 4.26. The zero-order valence-electron chi connectivity index (χ0n) is 18.5. The number of aromatic nitrogens is 1. The van der Waals surface area contributed by atoms with Crippen LogP contribution in [0.25, 0.3) is 5.69 Å². The van der Waals surface area contributed by atoms with Crippen molar-refractivity contribution in [3.8, 4) is 28.7 Å². The Labute approximate surface area is 187 Å². The molecular formula is C25H26N2O5. The summed E-state index contributed by atoms with van der Waals surface area (Å²) in [6, 6.07) is 13.6. The van der Waals surface area contributed by atoms with E-state index in [1.54, 1.807) is 0 Å². The lowest BCUT2D eigenvalue weighted by Gasteiger charge is -2.22. The lowest BCUT2D eigenvalue weighted by atomic mass is 10.1. The third-order valence-corrected chi connectivity index (χ3v) is 5.92. The van der Waals surface area contributed by atoms with Gasteiger partial charge in [-0.1, -0.05) is 6.07 Å². The molecule has 166 valence electrons. The molecule has 0 bridgehead atoms. The van der Waals surface area contributed by atoms with E-state index in [1.807, 2.05) is 68.1 Å². The number of carbonyl (C=O) groups excluding carboxylic acids is 1. The van der Waals surface area contributed by atoms with E-state index in [9.17, 15) is 4.79 Å². The van der Waals surface area contributed by atoms with Gasteiger partial charge in [0.2, 0.25) is 6.79 Å². The summed E-state index contributed by atoms with van der Waals surface area (Å²) in [5.41, 5.74) is 4.53. The third-order valence-electron chi connectivity index (χ3n) is 5.92. The van der Waals surface area contributed by atoms with Crippen molar-refractivity contribution in [2.75, 3.05) is 26.6 Å². The molecule has 0 atom stereocenters. The molecule has 32 heavy (non-hydrogen) atoms. The van der Waals surface area contributed by atoms with Crippen molar-refractivity contribution in [3.63, 3.8) is 0 Å². The van der Waals surface area contributed by atoms with E-state index in [2.05, 4.69) is 4.57 Å². The van der Waals surface area contributed by atoms with Crippen LogP contribution in [0.15, 0.2) is 42.5 Å². The van der Waals surface area contributed by atoms with Gasteiger partial charge in [0.15, 0.2) is 23.0 Å². The van der Waals surface area contributed by atoms with Crippen LogP contribution in [0.5, 0.6) is 23.0 Å². The van der Waals surface area contributed by atoms with Crippen LogP contribution in [0.1, 0.15) is 34.2 Å². The summed E-state index contributed by atoms with van der Waals surface area (Å²) in [4.78, 5) is 15.3. The maximum absolute atomic E-state index is 13.5. The third kappa shape index (κ3) is 3.53. The SMILES string of the molecule is CCN(Cc1ccc2c(c1)OCO2)C(=O)c1cc(C)n(-c2ccc3c(c2)OCCO3)c1C. The van der Waals surface area contributed by atoms with Gasteiger partial charge in [0, 0.05) is 36.2 Å². The number of fused-ring (bicyclic) bond motifs is 2. The number of hydrogen-bond acceptors (Lipinski definition) is 5. The Hall–Kier alpha value is -3.61. The summed E-state index contributed by atoms with van der Waals surface area (Å²) in [5, 5.41) is 0. The minimum Gasteiger partial charge on any atom is -0.486 e. The van der Waals surface area contributed by atoms with Crippen molar-refractivity contribution in [2.24, 2.45) is 0 Å². The fourth-order valence-electron chi connectivity index (χ4n) is 4.31. The van der Waals surface area contributed by atoms with Crippen LogP contribution in [0, 0.1) is 13.8 Å². The zero-order valence-corrected chi connectivity index (χ0v) is 18.5. The minimum atomic E-state index is 0.00191. The molecule has 2 aliphatic heterocycles. The highest BCUT2D eigenvalue weighted by Crippen LogP contribution is 2.35. The van der Waals surface area contributed by atoms with Crippen molar-refractivity contribution in [2.45, 2.75) is 27.3 Å². The van der Waals surface area contributed by atoms with Gasteiger partial charge in [-0.15, -0.1) is 0 Å². The number of amides is 1. The molecule has 1 aromatic heterocycles. The van der Waals surface area contributed by atoms with Gasteiger partial charge in [0.25, 0.3) is 5.91 Å². The first-order valence-corrected chi connectivity index (χ1v) is 10.8. The number of benzene rings is 2. The van der Waals surface area contributed by atoms with Crippen molar-refractivity contribution >= 4 is 5.91 Å². The van der Waals surface area contributed by atoms with Gasteiger partial charge in [-0.3, -0.25) is 4.79 Å². The summed E-state index contributed by atoms with van der Waals surface area (Å²) in [6.07, 6.45) is 0. The summed E-state index contributed by atoms with van der Waals surface area (Å²) < 4.78 is 24.3. The Bertz CT molecular complexity index is 1180. The highest BCUT2D eigenvalue weighted by molar-refractivity contribution is 5.96. The Balaban J connectivity index is 1.42. The van der Waals surface area contributed by atoms with E-state index in [4.69, 9.17) is 18.9 Å². The lowest BCUT2D eigenvalue weighted by molar-refractivity contribution is 0.0751. The molecule has 3 aromatic rings. The maximum Gasteiger partial charge on any atom is 0.255 e. The summed E-state index contributed by atoms with van der Waals surface area (Å²) in [6.45, 7) is 8.41. The van der Waals surface area contributed by atoms with Crippen LogP contribution in [-0.2, 0) is 6.54 Å². The van der Waals surface area contributed by atoms with Crippen LogP contribution in [-0.4, -0.2) is 41.9 Å². The number of ether oxygens (including phenoxy) is 4. The molecule has 3 heterocycles. The second kappa shape index (κ2) is 8.15. The number of hydrogen-bond donors (Lipinski definition) is 0. The van der Waals surface area contributed by atoms with Gasteiger partial charge < -0.3 is 28.4 Å². The summed E-state index contributed by atoms with van der Waals surface area (Å²) in [5.74, 6) is 2.95. The van der Waals surface area contributed by atoms with Crippen LogP contribution >= 0.6 is 0 Å². The molecule has 7 heteroatoms. The van der Waals surface area contributed by atoms with E-state index in [0.717, 1.165) is 45.6 Å². The largest absolute Gasteiger partial charge is 0.486 e. The lowest BCUT2D eigenvalue weighted by Crippen LogP contribution is -2.30. The number of carbonyl (C=O) groups is 1. The minimum absolute atomic E-state index is 0.00191. The van der Waals surface area contributed by atoms with Crippen LogP contribution < -0.4 is 18.9 Å². The van der Waals surface area contributed by atoms with Crippen LogP contribution in [0.4, 0.5) is 0 Å². The van der Waals surface area contributed by atoms with E-state index in [0.29, 0.717) is 31.9 Å². The van der Waals surface area contributed by atoms with Crippen molar-refractivity contribution in [1.82, 2.24) is 9.47 Å². The summed E-state index contributed by atoms with van der Waals surface area (Å²) >= 11 is 0. The van der Waals surface area contributed by atoms with E-state index in [1.165, 1.54) is 0 Å². The van der Waals surface area contributed by atoms with Gasteiger partial charge in [0.05, 0.1) is 5.56 Å². The van der Waals surface area contributed by atoms with Gasteiger partial charge in [-0.05, 0) is 56.7 Å². The smallest absolute Gasteiger partial charge is 0.255 e. The quantitative estimate of drug-likeness (QED) is 0.601. The van der Waals surface area contributed by atoms with Gasteiger partial charge >= 0.3 is 0 Å². The standard InChI is InChI=1S/C25H26N2O5/c1-4-26(14-18-5-7-22-23(12-18)32-15-31-22)25(28)20-11-16(2)27(17(20)3)19-6-8-21-24(13-19)30-10-9-29-21/h5-8,11-13H,4,9-10,14-15H2,1-3H3. The average Bonchev–Trinajstić information content (AvgIpc) is 3.40. The summed E-state index contributed by atoms with van der Waals surface area (Å²) in [7, 11) is 0. The van der Waals surface area contributed by atoms with Crippen LogP contribution in [0.3, 0.4) is 0 Å². The van der Waals surface area contributed by atoms with E-state index in [-0.39, 0.29) is 12.7 Å². The Kier molecular flexibility index (Phi) is 5.17. The second-order valence-electron chi connectivity index (χ2n) is 7.96. The fourth-order valence-corrected chi connectivity index (χ4v) is 4.31. The Morgan fingerprint density at radius 3 is 2.41 bits per heavy atom. The molecule has 0 fully saturated rings. The molecule has 1 amide bonds. The average molecular weight is 434 g/mol. The highest BCUT2D eigenvalue weighted by atomic mass is 16.7. The molecule has 0 N–H and O–H groups in total. The molecule has 0 unspecified atom stereocenters. The first-order chi connectivity index (χ1) is 15.5. The van der Waals surface area contributed by atoms with Crippen molar-refractivity contribution in [3.05, 3.63) is 65.0 Å². The number of rotatable bonds is 5. The number of aryl methyl sites for hydroxylation is 1. The topological polar surface area (TPSA) is 62.2 Å². The molecule has 0 saturated heterocycles. The normalized spacial score (nSPS) is 13.8. The van der Waals surface area contributed by atoms with Gasteiger partial charge in [-0.2, -0.15) is 0 Å². The fraction of sp³-hybridized carbons (Fsp3) is 0.320. The molecule has 0 saturated carbocycles. The van der Waals surface area contributed by atoms with E-state index >= 15 is 0 Å². The van der Waals surface area contributed by atoms with E-state index < -0.39 is 0 Å². The van der Waals surface area contributed by atoms with Crippen molar-refractivity contribution in [1.29, 1.82) is 0 Å². The van der Waals surface area contributed by atoms with Gasteiger partial charge in [-0.25, -0.2) is 0 Å². The monoisotopic (exact) mass is 434 g/mol. The molecule has 0 radical (unpaired) electrons. The molecule has 7 nitrogen and oxygen atoms in total. The first-order valence-electron chi connectivity index (χ1n) is 10.8. The molecule has 2 aromatic carbocycles. The zero-order chi connectivity index (χ0) is 22.2. The Morgan fingerprint density at radius 1 is 0.906 bits per heavy atom. The Morgan fingerprint density at radius 2 is 1.59 bits per heavy atom. The molecule has 2 aliphatic rings. The highest BCUT2D eigenvalue weighted by Gasteiger charge is 2.23. The molecule has 5 rings (SSSR count). The number of nitrogens with zero attached hydrogens (tertiary/aromatic N) is 2. The van der Waals surface area contributed by atoms with Gasteiger partial charge in [0.1, 0.15) is 13.2 Å². The van der Waals surface area contributed by atoms with Crippen LogP contribution in [0.2, 0.25) is 0 Å². The first kappa shape index (κ1) is 20.3.